The second-order valence-corrected chi connectivity index (χ2v) is 7.44. The normalized spacial score (nSPS) is 11.6. The number of halogens is 1. The van der Waals surface area contributed by atoms with Gasteiger partial charge < -0.3 is 19.6 Å². The van der Waals surface area contributed by atoms with Crippen LogP contribution in [0.5, 0.6) is 5.75 Å². The van der Waals surface area contributed by atoms with Crippen molar-refractivity contribution in [1.29, 1.82) is 0 Å². The number of aliphatic hydroxyl groups is 1. The third-order valence-corrected chi connectivity index (χ3v) is 5.12. The molecule has 8 heteroatoms. The SMILES string of the molecule is COc1ccc(NC(=O)c2cc3c(CO)cnc(C)c3oc2=Nc2ccc(Cl)cc2)cc1. The summed E-state index contributed by atoms with van der Waals surface area (Å²) in [6.45, 7) is 1.54. The maximum absolute atomic E-state index is 13.2. The molecule has 7 nitrogen and oxygen atoms in total. The Morgan fingerprint density at radius 1 is 1.19 bits per heavy atom. The molecule has 0 radical (unpaired) electrons. The predicted octanol–water partition coefficient (Wildman–Crippen LogP) is 4.78. The largest absolute Gasteiger partial charge is 0.497 e. The van der Waals surface area contributed by atoms with Crippen LogP contribution < -0.4 is 15.6 Å². The first kappa shape index (κ1) is 21.5. The summed E-state index contributed by atoms with van der Waals surface area (Å²) in [5.74, 6) is 0.268. The highest BCUT2D eigenvalue weighted by Crippen LogP contribution is 2.23. The molecule has 0 bridgehead atoms. The van der Waals surface area contributed by atoms with Gasteiger partial charge in [0.15, 0.2) is 5.58 Å². The highest BCUT2D eigenvalue weighted by molar-refractivity contribution is 6.30. The van der Waals surface area contributed by atoms with Gasteiger partial charge >= 0.3 is 0 Å². The number of fused-ring (bicyclic) bond motifs is 1. The summed E-state index contributed by atoms with van der Waals surface area (Å²) >= 11 is 5.97. The van der Waals surface area contributed by atoms with Gasteiger partial charge in [-0.3, -0.25) is 9.78 Å². The molecule has 0 atom stereocenters. The van der Waals surface area contributed by atoms with E-state index >= 15 is 0 Å². The maximum atomic E-state index is 13.2. The lowest BCUT2D eigenvalue weighted by atomic mass is 10.1. The number of methoxy groups -OCH3 is 1. The molecule has 2 heterocycles. The summed E-state index contributed by atoms with van der Waals surface area (Å²) in [6.07, 6.45) is 1.56. The van der Waals surface area contributed by atoms with Gasteiger partial charge in [0.2, 0.25) is 5.55 Å². The highest BCUT2D eigenvalue weighted by Gasteiger charge is 2.16. The fraction of sp³-hybridized carbons (Fsp3) is 0.125. The molecule has 2 N–H and O–H groups in total. The summed E-state index contributed by atoms with van der Waals surface area (Å²) in [6, 6.07) is 15.5. The number of pyridine rings is 1. The number of rotatable bonds is 5. The molecular weight excluding hydrogens is 430 g/mol. The first-order valence-corrected chi connectivity index (χ1v) is 10.1. The molecule has 1 amide bonds. The maximum Gasteiger partial charge on any atom is 0.261 e. The van der Waals surface area contributed by atoms with Gasteiger partial charge in [-0.1, -0.05) is 11.6 Å². The summed E-state index contributed by atoms with van der Waals surface area (Å²) in [5, 5.41) is 13.8. The van der Waals surface area contributed by atoms with Gasteiger partial charge in [0.1, 0.15) is 11.3 Å². The number of hydrogen-bond donors (Lipinski definition) is 2. The third kappa shape index (κ3) is 4.49. The Hall–Kier alpha value is -3.68. The Kier molecular flexibility index (Phi) is 6.20. The van der Waals surface area contributed by atoms with E-state index in [2.05, 4.69) is 15.3 Å². The van der Waals surface area contributed by atoms with Crippen molar-refractivity contribution in [2.45, 2.75) is 13.5 Å². The lowest BCUT2D eigenvalue weighted by molar-refractivity contribution is 0.102. The lowest BCUT2D eigenvalue weighted by Gasteiger charge is -2.10. The van der Waals surface area contributed by atoms with Crippen molar-refractivity contribution in [1.82, 2.24) is 4.98 Å². The smallest absolute Gasteiger partial charge is 0.261 e. The van der Waals surface area contributed by atoms with E-state index in [0.29, 0.717) is 44.4 Å². The van der Waals surface area contributed by atoms with Gasteiger partial charge in [-0.15, -0.1) is 0 Å². The second kappa shape index (κ2) is 9.21. The quantitative estimate of drug-likeness (QED) is 0.457. The minimum Gasteiger partial charge on any atom is -0.497 e. The van der Waals surface area contributed by atoms with Crippen molar-refractivity contribution in [3.8, 4) is 5.75 Å². The van der Waals surface area contributed by atoms with Gasteiger partial charge in [0, 0.05) is 27.9 Å². The van der Waals surface area contributed by atoms with Gasteiger partial charge in [-0.2, -0.15) is 0 Å². The van der Waals surface area contributed by atoms with Crippen molar-refractivity contribution in [3.63, 3.8) is 0 Å². The summed E-state index contributed by atoms with van der Waals surface area (Å²) in [7, 11) is 1.57. The van der Waals surface area contributed by atoms with Crippen LogP contribution in [0.2, 0.25) is 5.02 Å². The fourth-order valence-corrected chi connectivity index (χ4v) is 3.29. The molecule has 0 fully saturated rings. The molecular formula is C24H20ClN3O4. The number of amides is 1. The fourth-order valence-electron chi connectivity index (χ4n) is 3.17. The average Bonchev–Trinajstić information content (AvgIpc) is 2.81. The van der Waals surface area contributed by atoms with Crippen molar-refractivity contribution >= 4 is 39.9 Å². The van der Waals surface area contributed by atoms with Crippen LogP contribution in [0.3, 0.4) is 0 Å². The molecule has 32 heavy (non-hydrogen) atoms. The molecule has 162 valence electrons. The number of carbonyl (C=O) groups is 1. The predicted molar refractivity (Wildman–Crippen MR) is 122 cm³/mol. The molecule has 0 saturated heterocycles. The molecule has 0 aliphatic heterocycles. The number of aliphatic hydroxyl groups excluding tert-OH is 1. The zero-order chi connectivity index (χ0) is 22.7. The molecule has 2 aromatic carbocycles. The van der Waals surface area contributed by atoms with Crippen molar-refractivity contribution in [2.75, 3.05) is 12.4 Å². The Morgan fingerprint density at radius 2 is 1.91 bits per heavy atom. The van der Waals surface area contributed by atoms with Gasteiger partial charge in [-0.25, -0.2) is 4.99 Å². The zero-order valence-electron chi connectivity index (χ0n) is 17.4. The van der Waals surface area contributed by atoms with E-state index in [1.54, 1.807) is 74.8 Å². The van der Waals surface area contributed by atoms with Gasteiger partial charge in [0.25, 0.3) is 5.91 Å². The average molecular weight is 450 g/mol. The van der Waals surface area contributed by atoms with E-state index in [1.165, 1.54) is 0 Å². The summed E-state index contributed by atoms with van der Waals surface area (Å²) in [4.78, 5) is 22.0. The van der Waals surface area contributed by atoms with Crippen molar-refractivity contribution in [2.24, 2.45) is 4.99 Å². The van der Waals surface area contributed by atoms with E-state index in [-0.39, 0.29) is 17.7 Å². The highest BCUT2D eigenvalue weighted by atomic mass is 35.5. The van der Waals surface area contributed by atoms with Crippen molar-refractivity contribution in [3.05, 3.63) is 88.2 Å². The Balaban J connectivity index is 1.87. The number of benzene rings is 2. The van der Waals surface area contributed by atoms with Crippen LogP contribution in [0.25, 0.3) is 11.0 Å². The summed E-state index contributed by atoms with van der Waals surface area (Å²) < 4.78 is 11.2. The van der Waals surface area contributed by atoms with E-state index in [4.69, 9.17) is 20.8 Å². The zero-order valence-corrected chi connectivity index (χ0v) is 18.2. The van der Waals surface area contributed by atoms with Crippen LogP contribution in [0.15, 0.2) is 70.2 Å². The molecule has 0 aliphatic rings. The minimum absolute atomic E-state index is 0.117. The van der Waals surface area contributed by atoms with Crippen LogP contribution in [-0.4, -0.2) is 23.1 Å². The minimum atomic E-state index is -0.410. The molecule has 0 aliphatic carbocycles. The monoisotopic (exact) mass is 449 g/mol. The number of aromatic nitrogens is 1. The van der Waals surface area contributed by atoms with Crippen LogP contribution in [-0.2, 0) is 6.61 Å². The number of hydrogen-bond acceptors (Lipinski definition) is 6. The molecule has 0 spiro atoms. The number of carbonyl (C=O) groups excluding carboxylic acids is 1. The first-order valence-electron chi connectivity index (χ1n) is 9.77. The standard InChI is InChI=1S/C24H20ClN3O4/c1-14-22-20(15(13-29)12-26-14)11-21(23(30)27-17-7-9-19(31-2)10-8-17)24(32-22)28-18-5-3-16(25)4-6-18/h3-12,29H,13H2,1-2H3,(H,27,30). The van der Waals surface area contributed by atoms with Crippen LogP contribution in [0, 0.1) is 6.92 Å². The van der Waals surface area contributed by atoms with Crippen LogP contribution in [0.1, 0.15) is 21.6 Å². The van der Waals surface area contributed by atoms with E-state index in [0.717, 1.165) is 0 Å². The number of anilines is 1. The van der Waals surface area contributed by atoms with E-state index in [1.807, 2.05) is 0 Å². The van der Waals surface area contributed by atoms with E-state index in [9.17, 15) is 9.90 Å². The van der Waals surface area contributed by atoms with Crippen LogP contribution >= 0.6 is 11.6 Å². The Labute approximate surface area is 189 Å². The molecule has 2 aromatic heterocycles. The number of nitrogens with one attached hydrogen (secondary N) is 1. The van der Waals surface area contributed by atoms with Crippen molar-refractivity contribution < 1.29 is 19.1 Å². The molecule has 0 saturated carbocycles. The number of ether oxygens (including phenoxy) is 1. The first-order chi connectivity index (χ1) is 15.5. The summed E-state index contributed by atoms with van der Waals surface area (Å²) in [5.41, 5.74) is 3.10. The Bertz CT molecular complexity index is 1350. The molecule has 4 rings (SSSR count). The third-order valence-electron chi connectivity index (χ3n) is 4.87. The van der Waals surface area contributed by atoms with Gasteiger partial charge in [-0.05, 0) is 61.5 Å². The number of nitrogens with zero attached hydrogens (tertiary/aromatic N) is 2. The topological polar surface area (TPSA) is 97.0 Å². The second-order valence-electron chi connectivity index (χ2n) is 7.01. The molecule has 0 unspecified atom stereocenters. The number of aryl methyl sites for hydroxylation is 1. The van der Waals surface area contributed by atoms with E-state index < -0.39 is 5.91 Å². The van der Waals surface area contributed by atoms with Crippen LogP contribution in [0.4, 0.5) is 11.4 Å². The van der Waals surface area contributed by atoms with Gasteiger partial charge in [0.05, 0.1) is 25.1 Å². The molecule has 4 aromatic rings. The Morgan fingerprint density at radius 3 is 2.56 bits per heavy atom. The lowest BCUT2D eigenvalue weighted by Crippen LogP contribution is -2.22.